The van der Waals surface area contributed by atoms with Gasteiger partial charge in [-0.15, -0.1) is 0 Å². The highest BCUT2D eigenvalue weighted by atomic mass is 127. The topological polar surface area (TPSA) is 73.7 Å². The van der Waals surface area contributed by atoms with Crippen molar-refractivity contribution < 1.29 is 23.2 Å². The van der Waals surface area contributed by atoms with Gasteiger partial charge in [-0.25, -0.2) is 0 Å². The van der Waals surface area contributed by atoms with Gasteiger partial charge in [-0.2, -0.15) is 13.2 Å². The second-order valence-electron chi connectivity index (χ2n) is 4.09. The van der Waals surface area contributed by atoms with Crippen molar-refractivity contribution in [1.82, 2.24) is 10.8 Å². The van der Waals surface area contributed by atoms with Crippen molar-refractivity contribution in [3.8, 4) is 0 Å². The predicted molar refractivity (Wildman–Crippen MR) is 87.0 cm³/mol. The lowest BCUT2D eigenvalue weighted by atomic mass is 10.1. The fraction of sp³-hybridized carbons (Fsp3) is 0.385. The fourth-order valence-corrected chi connectivity index (χ4v) is 1.56. The highest BCUT2D eigenvalue weighted by Crippen LogP contribution is 2.15. The van der Waals surface area contributed by atoms with Crippen LogP contribution in [0.2, 0.25) is 0 Å². The first kappa shape index (κ1) is 20.6. The van der Waals surface area contributed by atoms with Crippen LogP contribution >= 0.6 is 22.6 Å². The summed E-state index contributed by atoms with van der Waals surface area (Å²) in [6.45, 7) is 3.70. The molecule has 0 heterocycles. The van der Waals surface area contributed by atoms with Crippen molar-refractivity contribution in [2.75, 3.05) is 13.1 Å². The summed E-state index contributed by atoms with van der Waals surface area (Å²) in [4.78, 5) is 15.4. The van der Waals surface area contributed by atoms with Crippen LogP contribution in [0.25, 0.3) is 0 Å². The number of alkyl halides is 3. The Bertz CT molecular complexity index is 497. The van der Waals surface area contributed by atoms with Gasteiger partial charge in [0, 0.05) is 24.4 Å². The molecule has 0 rings (SSSR count). The molecular weight excluding hydrogens is 414 g/mol. The molecule has 1 amide bonds. The van der Waals surface area contributed by atoms with Gasteiger partial charge in [0.1, 0.15) is 0 Å². The molecule has 0 aromatic heterocycles. The Morgan fingerprint density at radius 3 is 2.45 bits per heavy atom. The molecule has 0 saturated carbocycles. The summed E-state index contributed by atoms with van der Waals surface area (Å²) in [5, 5.41) is 11.1. The molecule has 0 aliphatic heterocycles. The summed E-state index contributed by atoms with van der Waals surface area (Å²) in [5.41, 5.74) is 3.84. The van der Waals surface area contributed by atoms with E-state index in [2.05, 4.69) is 10.3 Å². The van der Waals surface area contributed by atoms with Crippen molar-refractivity contribution in [1.29, 1.82) is 0 Å². The maximum atomic E-state index is 11.9. The average Bonchev–Trinajstić information content (AvgIpc) is 2.46. The van der Waals surface area contributed by atoms with Gasteiger partial charge in [0.15, 0.2) is 0 Å². The summed E-state index contributed by atoms with van der Waals surface area (Å²) in [6, 6.07) is 0. The zero-order chi connectivity index (χ0) is 17.2. The van der Waals surface area contributed by atoms with Gasteiger partial charge < -0.3 is 5.32 Å². The van der Waals surface area contributed by atoms with Crippen LogP contribution in [0.15, 0.2) is 38.6 Å². The van der Waals surface area contributed by atoms with E-state index in [4.69, 9.17) is 5.21 Å². The van der Waals surface area contributed by atoms with Crippen LogP contribution in [-0.2, 0) is 4.79 Å². The number of aliphatic imine (C=N–C) groups is 1. The fourth-order valence-electron chi connectivity index (χ4n) is 1.22. The Morgan fingerprint density at radius 1 is 1.32 bits per heavy atom. The number of carbonyl (C=O) groups excluding carboxylic acids is 1. The summed E-state index contributed by atoms with van der Waals surface area (Å²) in [7, 11) is 0. The van der Waals surface area contributed by atoms with E-state index in [1.54, 1.807) is 24.0 Å². The first-order chi connectivity index (χ1) is 10.2. The molecule has 22 heavy (non-hydrogen) atoms. The molecule has 0 spiro atoms. The van der Waals surface area contributed by atoms with Crippen molar-refractivity contribution in [2.24, 2.45) is 4.99 Å². The summed E-state index contributed by atoms with van der Waals surface area (Å²) < 4.78 is 37.3. The maximum absolute atomic E-state index is 11.9. The quantitative estimate of drug-likeness (QED) is 0.191. The SMILES string of the molecule is CC(NO)=C(C)C(/C=C\I)=NCCNC(=O)/C=C/C(F)(F)F. The van der Waals surface area contributed by atoms with Crippen LogP contribution < -0.4 is 10.8 Å². The lowest BCUT2D eigenvalue weighted by Crippen LogP contribution is -2.25. The molecule has 0 aliphatic rings. The molecule has 0 radical (unpaired) electrons. The van der Waals surface area contributed by atoms with Crippen molar-refractivity contribution >= 4 is 34.2 Å². The predicted octanol–water partition coefficient (Wildman–Crippen LogP) is 2.88. The number of rotatable bonds is 7. The number of halogens is 4. The van der Waals surface area contributed by atoms with E-state index in [-0.39, 0.29) is 19.2 Å². The molecule has 0 aromatic rings. The van der Waals surface area contributed by atoms with E-state index in [9.17, 15) is 18.0 Å². The van der Waals surface area contributed by atoms with Gasteiger partial charge >= 0.3 is 6.18 Å². The Morgan fingerprint density at radius 2 is 1.95 bits per heavy atom. The first-order valence-corrected chi connectivity index (χ1v) is 7.38. The van der Waals surface area contributed by atoms with Crippen molar-refractivity contribution in [2.45, 2.75) is 20.0 Å². The van der Waals surface area contributed by atoms with E-state index in [1.165, 1.54) is 0 Å². The molecule has 9 heteroatoms. The number of carbonyl (C=O) groups is 1. The largest absolute Gasteiger partial charge is 0.409 e. The Hall–Kier alpha value is -1.36. The normalized spacial score (nSPS) is 14.4. The Balaban J connectivity index is 4.57. The molecule has 0 aliphatic carbocycles. The van der Waals surface area contributed by atoms with Crippen LogP contribution in [0.1, 0.15) is 13.8 Å². The van der Waals surface area contributed by atoms with Gasteiger partial charge in [-0.05, 0) is 29.6 Å². The van der Waals surface area contributed by atoms with E-state index < -0.39 is 12.1 Å². The standard InChI is InChI=1S/C13H17F3IN3O2/c1-9(10(2)20-22)11(4-6-17)18-7-8-19-12(21)3-5-13(14,15)16/h3-6,20,22H,7-8H2,1-2H3,(H,19,21)/b5-3+,6-4-,10-9?,18-11?. The third-order valence-corrected chi connectivity index (χ3v) is 2.81. The number of nitrogens with zero attached hydrogens (tertiary/aromatic N) is 1. The second kappa shape index (κ2) is 10.4. The minimum absolute atomic E-state index is 0.0957. The van der Waals surface area contributed by atoms with Gasteiger partial charge in [0.05, 0.1) is 12.3 Å². The molecule has 0 saturated heterocycles. The lowest BCUT2D eigenvalue weighted by molar-refractivity contribution is -0.117. The third kappa shape index (κ3) is 9.55. The molecule has 124 valence electrons. The average molecular weight is 431 g/mol. The molecule has 5 nitrogen and oxygen atoms in total. The highest BCUT2D eigenvalue weighted by Gasteiger charge is 2.22. The summed E-state index contributed by atoms with van der Waals surface area (Å²) in [6.07, 6.45) is -2.49. The van der Waals surface area contributed by atoms with Gasteiger partial charge in [-0.3, -0.25) is 20.5 Å². The lowest BCUT2D eigenvalue weighted by Gasteiger charge is -2.07. The van der Waals surface area contributed by atoms with E-state index >= 15 is 0 Å². The third-order valence-electron chi connectivity index (χ3n) is 2.45. The van der Waals surface area contributed by atoms with Crippen molar-refractivity contribution in [3.63, 3.8) is 0 Å². The van der Waals surface area contributed by atoms with Crippen LogP contribution in [0.4, 0.5) is 13.2 Å². The number of hydrogen-bond donors (Lipinski definition) is 3. The number of allylic oxidation sites excluding steroid dienone is 4. The smallest absolute Gasteiger partial charge is 0.351 e. The molecular formula is C13H17F3IN3O2. The van der Waals surface area contributed by atoms with Crippen molar-refractivity contribution in [3.05, 3.63) is 33.6 Å². The van der Waals surface area contributed by atoms with Crippen LogP contribution in [-0.4, -0.2) is 36.1 Å². The molecule has 0 unspecified atom stereocenters. The minimum atomic E-state index is -4.51. The molecule has 3 N–H and O–H groups in total. The Kier molecular flexibility index (Phi) is 9.74. The van der Waals surface area contributed by atoms with Gasteiger partial charge in [-0.1, -0.05) is 22.6 Å². The van der Waals surface area contributed by atoms with E-state index in [0.29, 0.717) is 23.1 Å². The van der Waals surface area contributed by atoms with Crippen LogP contribution in [0, 0.1) is 0 Å². The number of amides is 1. The molecule has 0 aromatic carbocycles. The zero-order valence-corrected chi connectivity index (χ0v) is 14.2. The monoisotopic (exact) mass is 431 g/mol. The Labute approximate surface area is 140 Å². The number of nitrogens with one attached hydrogen (secondary N) is 2. The number of hydroxylamine groups is 1. The van der Waals surface area contributed by atoms with E-state index in [0.717, 1.165) is 0 Å². The van der Waals surface area contributed by atoms with Crippen LogP contribution in [0.3, 0.4) is 0 Å². The molecule has 0 fully saturated rings. The first-order valence-electron chi connectivity index (χ1n) is 6.14. The second-order valence-corrected chi connectivity index (χ2v) is 4.81. The summed E-state index contributed by atoms with van der Waals surface area (Å²) >= 11 is 2.01. The molecule has 0 bridgehead atoms. The van der Waals surface area contributed by atoms with E-state index in [1.807, 2.05) is 28.1 Å². The van der Waals surface area contributed by atoms with Crippen LogP contribution in [0.5, 0.6) is 0 Å². The zero-order valence-electron chi connectivity index (χ0n) is 12.0. The number of hydrogen-bond acceptors (Lipinski definition) is 4. The van der Waals surface area contributed by atoms with Gasteiger partial charge in [0.25, 0.3) is 0 Å². The highest BCUT2D eigenvalue weighted by molar-refractivity contribution is 14.1. The summed E-state index contributed by atoms with van der Waals surface area (Å²) in [5.74, 6) is -0.834. The minimum Gasteiger partial charge on any atom is -0.351 e. The molecule has 0 atom stereocenters. The maximum Gasteiger partial charge on any atom is 0.409 e. The van der Waals surface area contributed by atoms with Gasteiger partial charge in [0.2, 0.25) is 5.91 Å².